The molecule has 4 heteroatoms. The molecule has 0 aliphatic carbocycles. The lowest BCUT2D eigenvalue weighted by Gasteiger charge is -2.17. The Morgan fingerprint density at radius 2 is 1.95 bits per heavy atom. The number of anilines is 1. The summed E-state index contributed by atoms with van der Waals surface area (Å²) < 4.78 is 3.88. The van der Waals surface area contributed by atoms with Crippen LogP contribution in [-0.4, -0.2) is 9.59 Å². The third kappa shape index (κ3) is 3.53. The summed E-state index contributed by atoms with van der Waals surface area (Å²) in [5.74, 6) is 1.07. The molecule has 2 aromatic rings. The van der Waals surface area contributed by atoms with E-state index in [9.17, 15) is 0 Å². The van der Waals surface area contributed by atoms with Gasteiger partial charge >= 0.3 is 0 Å². The van der Waals surface area contributed by atoms with Crippen LogP contribution in [0.5, 0.6) is 0 Å². The second kappa shape index (κ2) is 6.15. The monoisotopic (exact) mass is 275 g/mol. The second-order valence-corrected chi connectivity index (χ2v) is 6.02. The van der Waals surface area contributed by atoms with E-state index in [-0.39, 0.29) is 0 Å². The Morgan fingerprint density at radius 1 is 1.16 bits per heavy atom. The smallest absolute Gasteiger partial charge is 0.0946 e. The van der Waals surface area contributed by atoms with Crippen molar-refractivity contribution in [2.75, 3.05) is 5.32 Å². The molecule has 0 radical (unpaired) electrons. The number of benzene rings is 1. The van der Waals surface area contributed by atoms with Crippen LogP contribution >= 0.6 is 11.5 Å². The fraction of sp³-hybridized carbons (Fsp3) is 0.467. The number of hydrogen-bond donors (Lipinski definition) is 1. The van der Waals surface area contributed by atoms with Gasteiger partial charge in [-0.25, -0.2) is 0 Å². The predicted octanol–water partition coefficient (Wildman–Crippen LogP) is 4.40. The van der Waals surface area contributed by atoms with Crippen molar-refractivity contribution in [3.63, 3.8) is 0 Å². The van der Waals surface area contributed by atoms with Crippen LogP contribution in [0.2, 0.25) is 0 Å². The van der Waals surface area contributed by atoms with E-state index in [0.717, 1.165) is 12.2 Å². The minimum Gasteiger partial charge on any atom is -0.379 e. The minimum absolute atomic E-state index is 0.509. The molecule has 19 heavy (non-hydrogen) atoms. The molecular weight excluding hydrogens is 254 g/mol. The number of rotatable bonds is 5. The molecule has 1 heterocycles. The number of nitrogens with zero attached hydrogens (tertiary/aromatic N) is 2. The Balaban J connectivity index is 2.19. The van der Waals surface area contributed by atoms with Crippen LogP contribution in [0.4, 0.5) is 5.69 Å². The van der Waals surface area contributed by atoms with Gasteiger partial charge in [-0.05, 0) is 40.6 Å². The van der Waals surface area contributed by atoms with Crippen LogP contribution in [0.25, 0.3) is 0 Å². The van der Waals surface area contributed by atoms with Gasteiger partial charge in [-0.2, -0.15) is 0 Å². The normalized spacial score (nSPS) is 11.3. The standard InChI is InChI=1S/C15H21N3S/c1-10(2)12-5-6-15(14(7-12)11(3)4)16-8-13-9-19-18-17-13/h5-7,9-11,16H,8H2,1-4H3. The van der Waals surface area contributed by atoms with Crippen molar-refractivity contribution in [3.05, 3.63) is 40.4 Å². The third-order valence-corrected chi connectivity index (χ3v) is 3.78. The largest absolute Gasteiger partial charge is 0.379 e. The highest BCUT2D eigenvalue weighted by Gasteiger charge is 2.10. The molecule has 1 aromatic carbocycles. The molecular formula is C15H21N3S. The van der Waals surface area contributed by atoms with Gasteiger partial charge in [0.2, 0.25) is 0 Å². The molecule has 0 saturated heterocycles. The first-order chi connectivity index (χ1) is 9.08. The van der Waals surface area contributed by atoms with Gasteiger partial charge in [-0.3, -0.25) is 0 Å². The topological polar surface area (TPSA) is 37.8 Å². The summed E-state index contributed by atoms with van der Waals surface area (Å²) in [5, 5.41) is 9.50. The summed E-state index contributed by atoms with van der Waals surface area (Å²) in [6.07, 6.45) is 0. The molecule has 0 aliphatic heterocycles. The van der Waals surface area contributed by atoms with E-state index >= 15 is 0 Å². The molecule has 0 spiro atoms. The lowest BCUT2D eigenvalue weighted by molar-refractivity contribution is 0.832. The van der Waals surface area contributed by atoms with Crippen molar-refractivity contribution in [2.45, 2.75) is 46.1 Å². The Kier molecular flexibility index (Phi) is 4.53. The van der Waals surface area contributed by atoms with E-state index in [1.807, 2.05) is 5.38 Å². The molecule has 0 atom stereocenters. The first-order valence-corrected chi connectivity index (χ1v) is 7.55. The van der Waals surface area contributed by atoms with Crippen LogP contribution < -0.4 is 5.32 Å². The summed E-state index contributed by atoms with van der Waals surface area (Å²) in [7, 11) is 0. The minimum atomic E-state index is 0.509. The van der Waals surface area contributed by atoms with Crippen molar-refractivity contribution in [2.24, 2.45) is 0 Å². The zero-order chi connectivity index (χ0) is 13.8. The summed E-state index contributed by atoms with van der Waals surface area (Å²) in [4.78, 5) is 0. The van der Waals surface area contributed by atoms with E-state index < -0.39 is 0 Å². The molecule has 3 nitrogen and oxygen atoms in total. The van der Waals surface area contributed by atoms with E-state index in [2.05, 4.69) is 60.8 Å². The van der Waals surface area contributed by atoms with E-state index in [1.165, 1.54) is 28.3 Å². The number of nitrogens with one attached hydrogen (secondary N) is 1. The highest BCUT2D eigenvalue weighted by Crippen LogP contribution is 2.28. The Morgan fingerprint density at radius 3 is 2.53 bits per heavy atom. The molecule has 0 amide bonds. The van der Waals surface area contributed by atoms with Crippen molar-refractivity contribution >= 4 is 17.2 Å². The van der Waals surface area contributed by atoms with E-state index in [4.69, 9.17) is 0 Å². The third-order valence-electron chi connectivity index (χ3n) is 3.23. The van der Waals surface area contributed by atoms with Gasteiger partial charge in [0.1, 0.15) is 0 Å². The molecule has 0 fully saturated rings. The Bertz CT molecular complexity index is 518. The maximum absolute atomic E-state index is 4.06. The van der Waals surface area contributed by atoms with Gasteiger partial charge in [0.15, 0.2) is 0 Å². The molecule has 1 aromatic heterocycles. The molecule has 102 valence electrons. The first kappa shape index (κ1) is 14.0. The highest BCUT2D eigenvalue weighted by molar-refractivity contribution is 7.03. The molecule has 0 bridgehead atoms. The SMILES string of the molecule is CC(C)c1ccc(NCc2csnn2)c(C(C)C)c1. The fourth-order valence-electron chi connectivity index (χ4n) is 2.03. The van der Waals surface area contributed by atoms with E-state index in [1.54, 1.807) is 0 Å². The number of aromatic nitrogens is 2. The zero-order valence-corrected chi connectivity index (χ0v) is 12.8. The van der Waals surface area contributed by atoms with Crippen LogP contribution in [0.1, 0.15) is 56.4 Å². The highest BCUT2D eigenvalue weighted by atomic mass is 32.1. The van der Waals surface area contributed by atoms with Gasteiger partial charge in [0.25, 0.3) is 0 Å². The van der Waals surface area contributed by atoms with Crippen LogP contribution in [0.15, 0.2) is 23.6 Å². The average Bonchev–Trinajstić information content (AvgIpc) is 2.89. The van der Waals surface area contributed by atoms with Crippen molar-refractivity contribution in [1.29, 1.82) is 0 Å². The first-order valence-electron chi connectivity index (χ1n) is 6.71. The summed E-state index contributed by atoms with van der Waals surface area (Å²) in [5.41, 5.74) is 4.96. The molecule has 0 aliphatic rings. The van der Waals surface area contributed by atoms with Gasteiger partial charge in [-0.1, -0.05) is 44.3 Å². The summed E-state index contributed by atoms with van der Waals surface area (Å²) in [6, 6.07) is 6.71. The molecule has 2 rings (SSSR count). The second-order valence-electron chi connectivity index (χ2n) is 5.41. The zero-order valence-electron chi connectivity index (χ0n) is 12.0. The van der Waals surface area contributed by atoms with Crippen LogP contribution in [-0.2, 0) is 6.54 Å². The fourth-order valence-corrected chi connectivity index (χ4v) is 2.48. The van der Waals surface area contributed by atoms with Gasteiger partial charge in [-0.15, -0.1) is 5.10 Å². The quantitative estimate of drug-likeness (QED) is 0.879. The van der Waals surface area contributed by atoms with Crippen molar-refractivity contribution < 1.29 is 0 Å². The number of hydrogen-bond acceptors (Lipinski definition) is 4. The van der Waals surface area contributed by atoms with Gasteiger partial charge in [0, 0.05) is 11.1 Å². The van der Waals surface area contributed by atoms with Crippen molar-refractivity contribution in [1.82, 2.24) is 9.59 Å². The maximum atomic E-state index is 4.06. The van der Waals surface area contributed by atoms with Crippen molar-refractivity contribution in [3.8, 4) is 0 Å². The molecule has 1 N–H and O–H groups in total. The molecule has 0 unspecified atom stereocenters. The Labute approximate surface area is 119 Å². The van der Waals surface area contributed by atoms with Crippen LogP contribution in [0, 0.1) is 0 Å². The van der Waals surface area contributed by atoms with Crippen LogP contribution in [0.3, 0.4) is 0 Å². The Hall–Kier alpha value is -1.42. The molecule has 0 saturated carbocycles. The van der Waals surface area contributed by atoms with E-state index in [0.29, 0.717) is 11.8 Å². The lowest BCUT2D eigenvalue weighted by Crippen LogP contribution is -2.05. The summed E-state index contributed by atoms with van der Waals surface area (Å²) in [6.45, 7) is 9.66. The van der Waals surface area contributed by atoms with Gasteiger partial charge < -0.3 is 5.32 Å². The maximum Gasteiger partial charge on any atom is 0.0946 e. The van der Waals surface area contributed by atoms with Gasteiger partial charge in [0.05, 0.1) is 12.2 Å². The lowest BCUT2D eigenvalue weighted by atomic mass is 9.94. The predicted molar refractivity (Wildman–Crippen MR) is 81.9 cm³/mol. The average molecular weight is 275 g/mol. The summed E-state index contributed by atoms with van der Waals surface area (Å²) >= 11 is 1.39.